The molecule has 2 heterocycles. The fraction of sp³-hybridized carbons (Fsp3) is 0.471. The zero-order valence-electron chi connectivity index (χ0n) is 15.9. The summed E-state index contributed by atoms with van der Waals surface area (Å²) in [6.45, 7) is 6.92. The maximum absolute atomic E-state index is 12.8. The monoisotopic (exact) mass is 376 g/mol. The molecule has 1 unspecified atom stereocenters. The van der Waals surface area contributed by atoms with Crippen LogP contribution in [0.4, 0.5) is 11.9 Å². The van der Waals surface area contributed by atoms with E-state index in [0.29, 0.717) is 34.3 Å². The van der Waals surface area contributed by atoms with Gasteiger partial charge in [-0.05, 0) is 33.3 Å². The Labute approximate surface area is 157 Å². The summed E-state index contributed by atoms with van der Waals surface area (Å²) in [7, 11) is 3.64. The Hall–Kier alpha value is -2.42. The maximum atomic E-state index is 12.8. The summed E-state index contributed by atoms with van der Waals surface area (Å²) in [6, 6.07) is 0. The number of nitrogens with two attached hydrogens (primary N) is 1. The molecule has 0 saturated carbocycles. The Bertz CT molecular complexity index is 846. The number of Topliss-reactive ketones (excluding diaryl/α,β-unsaturated/α-hetero) is 2. The molecule has 0 fully saturated rings. The van der Waals surface area contributed by atoms with E-state index >= 15 is 0 Å². The van der Waals surface area contributed by atoms with Gasteiger partial charge in [0.05, 0.1) is 16.7 Å². The molecule has 0 aliphatic heterocycles. The molecule has 0 saturated heterocycles. The van der Waals surface area contributed by atoms with Crippen LogP contribution in [0.5, 0.6) is 0 Å². The van der Waals surface area contributed by atoms with E-state index in [4.69, 9.17) is 5.73 Å². The number of carbonyl (C=O) groups excluding carboxylic acids is 2. The minimum absolute atomic E-state index is 0.0486. The Balaban J connectivity index is 2.14. The number of hydrogen-bond donors (Lipinski definition) is 2. The summed E-state index contributed by atoms with van der Waals surface area (Å²) in [5.41, 5.74) is 8.21. The molecule has 1 atom stereocenters. The van der Waals surface area contributed by atoms with Gasteiger partial charge in [0.15, 0.2) is 11.6 Å². The minimum Gasteiger partial charge on any atom is -0.368 e. The number of nitrogens with zero attached hydrogens (tertiary/aromatic N) is 4. The normalized spacial score (nSPS) is 12.1. The predicted octanol–water partition coefficient (Wildman–Crippen LogP) is 2.17. The van der Waals surface area contributed by atoms with E-state index in [9.17, 15) is 9.59 Å². The van der Waals surface area contributed by atoms with E-state index in [1.54, 1.807) is 18.7 Å². The fourth-order valence-corrected chi connectivity index (χ4v) is 3.49. The molecule has 2 aromatic rings. The number of ketones is 2. The second-order valence-electron chi connectivity index (χ2n) is 6.30. The number of anilines is 2. The molecule has 0 radical (unpaired) electrons. The fourth-order valence-electron chi connectivity index (χ4n) is 2.69. The van der Waals surface area contributed by atoms with E-state index in [-0.39, 0.29) is 22.8 Å². The van der Waals surface area contributed by atoms with Gasteiger partial charge in [0.1, 0.15) is 5.82 Å². The summed E-state index contributed by atoms with van der Waals surface area (Å²) in [4.78, 5) is 41.8. The maximum Gasteiger partial charge on any atom is 0.229 e. The summed E-state index contributed by atoms with van der Waals surface area (Å²) in [5.74, 6) is 1.48. The van der Waals surface area contributed by atoms with Crippen LogP contribution in [-0.2, 0) is 5.75 Å². The largest absolute Gasteiger partial charge is 0.368 e. The molecule has 140 valence electrons. The molecule has 26 heavy (non-hydrogen) atoms. The molecule has 2 aromatic heterocycles. The number of rotatable bonds is 7. The lowest BCUT2D eigenvalue weighted by Gasteiger charge is -2.13. The molecule has 3 N–H and O–H groups in total. The molecule has 0 spiro atoms. The standard InChI is InChI=1S/C17H24N6O2S/c1-8-13(10(3)24)9(2)19-14(8)15(25)11(4)26-7-12-20-16(18)22-17(21-12)23(5)6/h11,19H,7H2,1-6H3,(H2,18,20,21,22). The van der Waals surface area contributed by atoms with Gasteiger partial charge in [0, 0.05) is 25.4 Å². The Kier molecular flexibility index (Phi) is 6.01. The molecular weight excluding hydrogens is 352 g/mol. The van der Waals surface area contributed by atoms with Gasteiger partial charge in [-0.3, -0.25) is 9.59 Å². The van der Waals surface area contributed by atoms with Crippen LogP contribution >= 0.6 is 11.8 Å². The van der Waals surface area contributed by atoms with Gasteiger partial charge in [-0.1, -0.05) is 0 Å². The SMILES string of the molecule is CC(=O)c1c(C)[nH]c(C(=O)C(C)SCc2nc(N)nc(N(C)C)n2)c1C. The van der Waals surface area contributed by atoms with Crippen LogP contribution < -0.4 is 10.6 Å². The minimum atomic E-state index is -0.327. The van der Waals surface area contributed by atoms with Crippen LogP contribution in [0, 0.1) is 13.8 Å². The molecule has 0 aromatic carbocycles. The highest BCUT2D eigenvalue weighted by molar-refractivity contribution is 7.99. The second kappa shape index (κ2) is 7.86. The first-order valence-corrected chi connectivity index (χ1v) is 9.20. The van der Waals surface area contributed by atoms with Gasteiger partial charge in [0.25, 0.3) is 0 Å². The number of aryl methyl sites for hydroxylation is 1. The van der Waals surface area contributed by atoms with E-state index in [1.807, 2.05) is 21.0 Å². The van der Waals surface area contributed by atoms with Crippen LogP contribution in [-0.4, -0.2) is 50.8 Å². The first-order chi connectivity index (χ1) is 12.1. The zero-order chi connectivity index (χ0) is 19.6. The Morgan fingerprint density at radius 2 is 1.88 bits per heavy atom. The molecule has 0 aliphatic rings. The summed E-state index contributed by atoms with van der Waals surface area (Å²) in [6.07, 6.45) is 0. The van der Waals surface area contributed by atoms with Crippen molar-refractivity contribution in [3.63, 3.8) is 0 Å². The summed E-state index contributed by atoms with van der Waals surface area (Å²) >= 11 is 1.41. The number of aromatic nitrogens is 4. The number of carbonyl (C=O) groups is 2. The van der Waals surface area contributed by atoms with Crippen molar-refractivity contribution < 1.29 is 9.59 Å². The van der Waals surface area contributed by atoms with Gasteiger partial charge in [-0.15, -0.1) is 11.8 Å². The topological polar surface area (TPSA) is 118 Å². The first-order valence-electron chi connectivity index (χ1n) is 8.15. The number of H-pyrrole nitrogens is 1. The van der Waals surface area contributed by atoms with Gasteiger partial charge >= 0.3 is 0 Å². The van der Waals surface area contributed by atoms with Crippen LogP contribution in [0.2, 0.25) is 0 Å². The average Bonchev–Trinajstić information content (AvgIpc) is 2.85. The third-order valence-corrected chi connectivity index (χ3v) is 5.09. The lowest BCUT2D eigenvalue weighted by Crippen LogP contribution is -2.18. The van der Waals surface area contributed by atoms with Crippen LogP contribution in [0.15, 0.2) is 0 Å². The van der Waals surface area contributed by atoms with Gasteiger partial charge in [0.2, 0.25) is 11.9 Å². The van der Waals surface area contributed by atoms with Crippen molar-refractivity contribution >= 4 is 35.2 Å². The third kappa shape index (κ3) is 4.21. The third-order valence-electron chi connectivity index (χ3n) is 3.95. The highest BCUT2D eigenvalue weighted by atomic mass is 32.2. The molecular formula is C17H24N6O2S. The van der Waals surface area contributed by atoms with Gasteiger partial charge in [-0.25, -0.2) is 0 Å². The number of aromatic amines is 1. The van der Waals surface area contributed by atoms with Crippen LogP contribution in [0.1, 0.15) is 51.8 Å². The first kappa shape index (κ1) is 19.9. The van der Waals surface area contributed by atoms with Crippen molar-refractivity contribution in [2.24, 2.45) is 0 Å². The van der Waals surface area contributed by atoms with Crippen molar-refractivity contribution in [3.8, 4) is 0 Å². The van der Waals surface area contributed by atoms with E-state index in [2.05, 4.69) is 19.9 Å². The number of nitrogen functional groups attached to an aromatic ring is 1. The molecule has 2 rings (SSSR count). The van der Waals surface area contributed by atoms with E-state index < -0.39 is 0 Å². The number of thioether (sulfide) groups is 1. The van der Waals surface area contributed by atoms with E-state index in [1.165, 1.54) is 18.7 Å². The van der Waals surface area contributed by atoms with Crippen LogP contribution in [0.3, 0.4) is 0 Å². The lowest BCUT2D eigenvalue weighted by molar-refractivity contribution is 0.0988. The molecule has 0 bridgehead atoms. The van der Waals surface area contributed by atoms with Crippen molar-refractivity contribution in [1.29, 1.82) is 0 Å². The summed E-state index contributed by atoms with van der Waals surface area (Å²) < 4.78 is 0. The molecule has 9 heteroatoms. The highest BCUT2D eigenvalue weighted by Gasteiger charge is 2.24. The quantitative estimate of drug-likeness (QED) is 0.706. The molecule has 0 aliphatic carbocycles. The van der Waals surface area contributed by atoms with Crippen molar-refractivity contribution in [3.05, 3.63) is 28.3 Å². The average molecular weight is 376 g/mol. The highest BCUT2D eigenvalue weighted by Crippen LogP contribution is 2.25. The predicted molar refractivity (Wildman–Crippen MR) is 104 cm³/mol. The van der Waals surface area contributed by atoms with Crippen molar-refractivity contribution in [2.75, 3.05) is 24.7 Å². The smallest absolute Gasteiger partial charge is 0.229 e. The van der Waals surface area contributed by atoms with E-state index in [0.717, 1.165) is 5.69 Å². The number of nitrogens with one attached hydrogen (secondary N) is 1. The van der Waals surface area contributed by atoms with Crippen LogP contribution in [0.25, 0.3) is 0 Å². The number of hydrogen-bond acceptors (Lipinski definition) is 8. The lowest BCUT2D eigenvalue weighted by atomic mass is 10.0. The second-order valence-corrected chi connectivity index (χ2v) is 7.63. The summed E-state index contributed by atoms with van der Waals surface area (Å²) in [5, 5.41) is -0.327. The van der Waals surface area contributed by atoms with Crippen molar-refractivity contribution in [2.45, 2.75) is 38.7 Å². The van der Waals surface area contributed by atoms with Crippen molar-refractivity contribution in [1.82, 2.24) is 19.9 Å². The Morgan fingerprint density at radius 3 is 2.42 bits per heavy atom. The molecule has 0 amide bonds. The van der Waals surface area contributed by atoms with Gasteiger partial charge < -0.3 is 15.6 Å². The zero-order valence-corrected chi connectivity index (χ0v) is 16.7. The molecule has 8 nitrogen and oxygen atoms in total. The van der Waals surface area contributed by atoms with Gasteiger partial charge in [-0.2, -0.15) is 15.0 Å². The Morgan fingerprint density at radius 1 is 1.23 bits per heavy atom.